The summed E-state index contributed by atoms with van der Waals surface area (Å²) in [6.45, 7) is -1.72. The molecule has 0 bridgehead atoms. The van der Waals surface area contributed by atoms with E-state index < -0.39 is 24.6 Å². The van der Waals surface area contributed by atoms with Gasteiger partial charge in [0.2, 0.25) is 11.8 Å². The predicted octanol–water partition coefficient (Wildman–Crippen LogP) is 0.741. The standard InChI is InChI=1S/C13H16F3N3O3.ClH/c14-13(15,16)8-22-10-3-1-2-9(4-10)6-18-12(21)7-19-11(20)5-17;/h1-4H,5-8,17H2,(H,18,21)(H,19,20);1H. The molecule has 0 atom stereocenters. The number of amides is 2. The first-order valence-electron chi connectivity index (χ1n) is 6.32. The largest absolute Gasteiger partial charge is 0.484 e. The van der Waals surface area contributed by atoms with Crippen molar-refractivity contribution in [3.8, 4) is 5.75 Å². The van der Waals surface area contributed by atoms with Gasteiger partial charge in [0.15, 0.2) is 6.61 Å². The normalized spacial score (nSPS) is 10.4. The average Bonchev–Trinajstić information content (AvgIpc) is 2.48. The van der Waals surface area contributed by atoms with Crippen LogP contribution in [0.5, 0.6) is 5.75 Å². The molecule has 0 aliphatic rings. The number of rotatable bonds is 7. The molecule has 0 spiro atoms. The third-order valence-corrected chi connectivity index (χ3v) is 2.42. The third kappa shape index (κ3) is 9.59. The fourth-order valence-corrected chi connectivity index (χ4v) is 1.42. The Kier molecular flexibility index (Phi) is 9.04. The van der Waals surface area contributed by atoms with Gasteiger partial charge in [0.05, 0.1) is 13.1 Å². The van der Waals surface area contributed by atoms with Crippen molar-refractivity contribution in [3.05, 3.63) is 29.8 Å². The van der Waals surface area contributed by atoms with E-state index in [2.05, 4.69) is 15.4 Å². The molecule has 10 heteroatoms. The van der Waals surface area contributed by atoms with E-state index in [1.54, 1.807) is 6.07 Å². The molecule has 0 heterocycles. The monoisotopic (exact) mass is 355 g/mol. The zero-order valence-electron chi connectivity index (χ0n) is 12.0. The minimum atomic E-state index is -4.41. The summed E-state index contributed by atoms with van der Waals surface area (Å²) in [7, 11) is 0. The number of halogens is 4. The predicted molar refractivity (Wildman–Crippen MR) is 79.2 cm³/mol. The topological polar surface area (TPSA) is 93.5 Å². The van der Waals surface area contributed by atoms with Crippen molar-refractivity contribution < 1.29 is 27.5 Å². The van der Waals surface area contributed by atoms with Crippen LogP contribution in [0.25, 0.3) is 0 Å². The van der Waals surface area contributed by atoms with Gasteiger partial charge in [0, 0.05) is 6.54 Å². The summed E-state index contributed by atoms with van der Waals surface area (Å²) in [5.74, 6) is -0.846. The number of carbonyl (C=O) groups is 2. The van der Waals surface area contributed by atoms with E-state index >= 15 is 0 Å². The summed E-state index contributed by atoms with van der Waals surface area (Å²) in [5.41, 5.74) is 5.63. The van der Waals surface area contributed by atoms with Crippen LogP contribution in [0.15, 0.2) is 24.3 Å². The maximum absolute atomic E-state index is 12.0. The first kappa shape index (κ1) is 21.0. The van der Waals surface area contributed by atoms with E-state index in [-0.39, 0.29) is 37.8 Å². The molecule has 0 saturated heterocycles. The van der Waals surface area contributed by atoms with E-state index in [1.165, 1.54) is 18.2 Å². The second-order valence-electron chi connectivity index (χ2n) is 4.31. The summed E-state index contributed by atoms with van der Waals surface area (Å²) in [6, 6.07) is 5.92. The molecule has 2 amide bonds. The molecular formula is C13H17ClF3N3O3. The van der Waals surface area contributed by atoms with Crippen LogP contribution in [-0.4, -0.2) is 37.7 Å². The number of hydrogen-bond acceptors (Lipinski definition) is 4. The molecule has 1 aromatic rings. The van der Waals surface area contributed by atoms with Gasteiger partial charge < -0.3 is 21.1 Å². The van der Waals surface area contributed by atoms with Crippen LogP contribution in [0.1, 0.15) is 5.56 Å². The summed E-state index contributed by atoms with van der Waals surface area (Å²) >= 11 is 0. The van der Waals surface area contributed by atoms with Gasteiger partial charge in [-0.05, 0) is 17.7 Å². The average molecular weight is 356 g/mol. The van der Waals surface area contributed by atoms with Crippen molar-refractivity contribution in [2.45, 2.75) is 12.7 Å². The second-order valence-corrected chi connectivity index (χ2v) is 4.31. The molecule has 1 aromatic carbocycles. The van der Waals surface area contributed by atoms with Crippen LogP contribution in [0.4, 0.5) is 13.2 Å². The molecule has 0 aliphatic carbocycles. The Bertz CT molecular complexity index is 527. The van der Waals surface area contributed by atoms with Crippen molar-refractivity contribution >= 4 is 24.2 Å². The fourth-order valence-electron chi connectivity index (χ4n) is 1.42. The van der Waals surface area contributed by atoms with Gasteiger partial charge in [-0.2, -0.15) is 13.2 Å². The molecule has 0 unspecified atom stereocenters. The highest BCUT2D eigenvalue weighted by Gasteiger charge is 2.28. The van der Waals surface area contributed by atoms with Gasteiger partial charge in [-0.3, -0.25) is 9.59 Å². The van der Waals surface area contributed by atoms with Gasteiger partial charge >= 0.3 is 6.18 Å². The van der Waals surface area contributed by atoms with Crippen LogP contribution in [0.2, 0.25) is 0 Å². The fraction of sp³-hybridized carbons (Fsp3) is 0.385. The van der Waals surface area contributed by atoms with Crippen molar-refractivity contribution in [2.75, 3.05) is 19.7 Å². The van der Waals surface area contributed by atoms with Gasteiger partial charge in [0.25, 0.3) is 0 Å². The van der Waals surface area contributed by atoms with Gasteiger partial charge in [-0.1, -0.05) is 12.1 Å². The van der Waals surface area contributed by atoms with E-state index in [0.29, 0.717) is 5.56 Å². The zero-order valence-corrected chi connectivity index (χ0v) is 12.8. The summed E-state index contributed by atoms with van der Waals surface area (Å²) in [6.07, 6.45) is -4.41. The molecule has 1 rings (SSSR count). The smallest absolute Gasteiger partial charge is 0.422 e. The Morgan fingerprint density at radius 2 is 1.87 bits per heavy atom. The van der Waals surface area contributed by atoms with E-state index in [4.69, 9.17) is 5.73 Å². The lowest BCUT2D eigenvalue weighted by Crippen LogP contribution is -2.39. The molecule has 23 heavy (non-hydrogen) atoms. The molecule has 4 N–H and O–H groups in total. The summed E-state index contributed by atoms with van der Waals surface area (Å²) in [5, 5.41) is 4.80. The number of ether oxygens (including phenoxy) is 1. The van der Waals surface area contributed by atoms with E-state index in [9.17, 15) is 22.8 Å². The van der Waals surface area contributed by atoms with Gasteiger partial charge in [-0.15, -0.1) is 12.4 Å². The van der Waals surface area contributed by atoms with Crippen molar-refractivity contribution in [3.63, 3.8) is 0 Å². The molecule has 130 valence electrons. The number of alkyl halides is 3. The minimum absolute atomic E-state index is 0. The first-order chi connectivity index (χ1) is 10.3. The number of hydrogen-bond donors (Lipinski definition) is 3. The highest BCUT2D eigenvalue weighted by molar-refractivity contribution is 5.85. The number of nitrogens with one attached hydrogen (secondary N) is 2. The molecule has 0 radical (unpaired) electrons. The summed E-state index contributed by atoms with van der Waals surface area (Å²) < 4.78 is 40.8. The quantitative estimate of drug-likeness (QED) is 0.672. The Morgan fingerprint density at radius 1 is 1.17 bits per heavy atom. The van der Waals surface area contributed by atoms with Crippen LogP contribution in [0.3, 0.4) is 0 Å². The van der Waals surface area contributed by atoms with Crippen LogP contribution >= 0.6 is 12.4 Å². The maximum atomic E-state index is 12.0. The Labute approximate surface area is 137 Å². The molecule has 0 aliphatic heterocycles. The Balaban J connectivity index is 0.00000484. The molecule has 0 saturated carbocycles. The molecular weight excluding hydrogens is 339 g/mol. The number of carbonyl (C=O) groups excluding carboxylic acids is 2. The van der Waals surface area contributed by atoms with Gasteiger partial charge in [0.1, 0.15) is 5.75 Å². The van der Waals surface area contributed by atoms with Crippen LogP contribution < -0.4 is 21.1 Å². The SMILES string of the molecule is Cl.NCC(=O)NCC(=O)NCc1cccc(OCC(F)(F)F)c1. The molecule has 0 fully saturated rings. The molecule has 6 nitrogen and oxygen atoms in total. The highest BCUT2D eigenvalue weighted by Crippen LogP contribution is 2.19. The van der Waals surface area contributed by atoms with Crippen LogP contribution in [-0.2, 0) is 16.1 Å². The maximum Gasteiger partial charge on any atom is 0.422 e. The van der Waals surface area contributed by atoms with Crippen molar-refractivity contribution in [1.82, 2.24) is 10.6 Å². The minimum Gasteiger partial charge on any atom is -0.484 e. The lowest BCUT2D eigenvalue weighted by atomic mass is 10.2. The second kappa shape index (κ2) is 9.90. The van der Waals surface area contributed by atoms with Gasteiger partial charge in [-0.25, -0.2) is 0 Å². The lowest BCUT2D eigenvalue weighted by molar-refractivity contribution is -0.153. The third-order valence-electron chi connectivity index (χ3n) is 2.42. The summed E-state index contributed by atoms with van der Waals surface area (Å²) in [4.78, 5) is 22.3. The zero-order chi connectivity index (χ0) is 16.6. The molecule has 0 aromatic heterocycles. The van der Waals surface area contributed by atoms with E-state index in [0.717, 1.165) is 0 Å². The Morgan fingerprint density at radius 3 is 2.48 bits per heavy atom. The van der Waals surface area contributed by atoms with Crippen molar-refractivity contribution in [1.29, 1.82) is 0 Å². The lowest BCUT2D eigenvalue weighted by Gasteiger charge is -2.11. The number of nitrogens with two attached hydrogens (primary N) is 1. The van der Waals surface area contributed by atoms with Crippen molar-refractivity contribution in [2.24, 2.45) is 5.73 Å². The highest BCUT2D eigenvalue weighted by atomic mass is 35.5. The number of benzene rings is 1. The first-order valence-corrected chi connectivity index (χ1v) is 6.32. The van der Waals surface area contributed by atoms with Crippen LogP contribution in [0, 0.1) is 0 Å². The van der Waals surface area contributed by atoms with E-state index in [1.807, 2.05) is 0 Å². The Hall–Kier alpha value is -2.00.